The van der Waals surface area contributed by atoms with Crippen LogP contribution in [0.3, 0.4) is 0 Å². The van der Waals surface area contributed by atoms with Gasteiger partial charge in [0, 0.05) is 32.3 Å². The number of aromatic nitrogens is 2. The van der Waals surface area contributed by atoms with Crippen molar-refractivity contribution in [1.29, 1.82) is 0 Å². The van der Waals surface area contributed by atoms with Crippen LogP contribution in [0.5, 0.6) is 0 Å². The molecule has 4 atom stereocenters. The van der Waals surface area contributed by atoms with Crippen LogP contribution in [0.25, 0.3) is 11.0 Å². The van der Waals surface area contributed by atoms with Gasteiger partial charge >= 0.3 is 6.09 Å². The van der Waals surface area contributed by atoms with Gasteiger partial charge in [0.15, 0.2) is 10.6 Å². The fraction of sp³-hybridized carbons (Fsp3) is 0.364. The van der Waals surface area contributed by atoms with E-state index in [-0.39, 0.29) is 28.9 Å². The smallest absolute Gasteiger partial charge is 0.412 e. The van der Waals surface area contributed by atoms with Crippen LogP contribution in [0.15, 0.2) is 74.0 Å². The highest BCUT2D eigenvalue weighted by Crippen LogP contribution is 2.63. The number of ether oxygens (including phenoxy) is 1. The van der Waals surface area contributed by atoms with Gasteiger partial charge in [0.2, 0.25) is 5.76 Å². The molecule has 3 aliphatic rings. The Morgan fingerprint density at radius 2 is 2.19 bits per heavy atom. The van der Waals surface area contributed by atoms with Crippen molar-refractivity contribution in [3.05, 3.63) is 80.2 Å². The Kier molecular flexibility index (Phi) is 8.20. The van der Waals surface area contributed by atoms with E-state index in [0.29, 0.717) is 32.5 Å². The van der Waals surface area contributed by atoms with Crippen LogP contribution in [0.2, 0.25) is 0 Å². The second kappa shape index (κ2) is 11.9. The zero-order valence-corrected chi connectivity index (χ0v) is 26.7. The van der Waals surface area contributed by atoms with Crippen LogP contribution in [-0.2, 0) is 4.74 Å². The van der Waals surface area contributed by atoms with Crippen LogP contribution < -0.4 is 5.32 Å². The number of rotatable bonds is 6. The summed E-state index contributed by atoms with van der Waals surface area (Å²) in [7, 11) is 0. The predicted molar refractivity (Wildman–Crippen MR) is 172 cm³/mol. The zero-order valence-electron chi connectivity index (χ0n) is 24.3. The van der Waals surface area contributed by atoms with Crippen molar-refractivity contribution in [2.75, 3.05) is 5.32 Å². The summed E-state index contributed by atoms with van der Waals surface area (Å²) in [5.74, 6) is 7.21. The molecular formula is C33H32ClN3O4S2. The highest BCUT2D eigenvalue weighted by Gasteiger charge is 2.52. The van der Waals surface area contributed by atoms with E-state index < -0.39 is 12.2 Å². The molecule has 3 aromatic heterocycles. The second-order valence-electron chi connectivity index (χ2n) is 11.2. The normalized spacial score (nSPS) is 22.7. The predicted octanol–water partition coefficient (Wildman–Crippen LogP) is 9.11. The highest BCUT2D eigenvalue weighted by molar-refractivity contribution is 8.03. The number of aliphatic hydroxyl groups is 1. The molecule has 3 aromatic rings. The molecule has 10 heteroatoms. The van der Waals surface area contributed by atoms with Gasteiger partial charge in [0.05, 0.1) is 17.4 Å². The standard InChI is InChI=1S/C33H32ClN3O4S2/c1-5-21-15-26(38)33(12-13-33)27(16-21)43-31-20(4)42-28(36-31)10-9-24-30(22-11-14-35-17-25(22)41-24)37-32(39)40-19(3)29-18(2)7-6-8-23(29)34/h6-8,11,14-19,21,29,38H,5,12-13H2,1-4H3,(H,37,39). The Morgan fingerprint density at radius 1 is 1.37 bits per heavy atom. The first-order valence-corrected chi connectivity index (χ1v) is 16.4. The number of carbonyl (C=O) groups is 1. The molecule has 0 aromatic carbocycles. The first-order chi connectivity index (χ1) is 20.7. The number of amides is 1. The summed E-state index contributed by atoms with van der Waals surface area (Å²) in [6, 6.07) is 1.76. The summed E-state index contributed by atoms with van der Waals surface area (Å²) in [6.45, 7) is 8.03. The van der Waals surface area contributed by atoms with Gasteiger partial charge in [0.25, 0.3) is 0 Å². The maximum atomic E-state index is 13.1. The molecule has 0 radical (unpaired) electrons. The van der Waals surface area contributed by atoms with Crippen LogP contribution in [0, 0.1) is 41.9 Å². The molecule has 0 saturated heterocycles. The Hall–Kier alpha value is -3.45. The van der Waals surface area contributed by atoms with Crippen molar-refractivity contribution >= 4 is 57.4 Å². The molecule has 4 unspecified atom stereocenters. The first-order valence-electron chi connectivity index (χ1n) is 14.4. The topological polar surface area (TPSA) is 97.5 Å². The van der Waals surface area contributed by atoms with E-state index in [4.69, 9.17) is 25.7 Å². The minimum Gasteiger partial charge on any atom is -0.512 e. The van der Waals surface area contributed by atoms with E-state index in [9.17, 15) is 9.90 Å². The van der Waals surface area contributed by atoms with Crippen molar-refractivity contribution in [2.24, 2.45) is 23.2 Å². The van der Waals surface area contributed by atoms with Gasteiger partial charge in [0.1, 0.15) is 16.8 Å². The Morgan fingerprint density at radius 3 is 2.93 bits per heavy atom. The molecule has 2 N–H and O–H groups in total. The second-order valence-corrected chi connectivity index (χ2v) is 13.9. The van der Waals surface area contributed by atoms with E-state index in [1.807, 2.05) is 45.1 Å². The minimum absolute atomic E-state index is 0.130. The van der Waals surface area contributed by atoms with Gasteiger partial charge in [-0.2, -0.15) is 0 Å². The lowest BCUT2D eigenvalue weighted by atomic mass is 9.86. The molecule has 1 spiro atoms. The number of carbonyl (C=O) groups excluding carboxylic acids is 1. The third-order valence-electron chi connectivity index (χ3n) is 8.24. The molecule has 43 heavy (non-hydrogen) atoms. The minimum atomic E-state index is -0.623. The first kappa shape index (κ1) is 29.6. The molecule has 3 aliphatic carbocycles. The van der Waals surface area contributed by atoms with Gasteiger partial charge in [-0.3, -0.25) is 10.3 Å². The number of hydrogen-bond donors (Lipinski definition) is 2. The fourth-order valence-electron chi connectivity index (χ4n) is 5.62. The maximum Gasteiger partial charge on any atom is 0.412 e. The van der Waals surface area contributed by atoms with Gasteiger partial charge in [-0.05, 0) is 75.0 Å². The number of nitrogens with zero attached hydrogens (tertiary/aromatic N) is 2. The summed E-state index contributed by atoms with van der Waals surface area (Å²) in [5.41, 5.74) is 0.677. The van der Waals surface area contributed by atoms with Crippen LogP contribution >= 0.6 is 34.7 Å². The lowest BCUT2D eigenvalue weighted by molar-refractivity contribution is 0.0853. The van der Waals surface area contributed by atoms with E-state index in [2.05, 4.69) is 35.1 Å². The van der Waals surface area contributed by atoms with Crippen LogP contribution in [0.1, 0.15) is 55.7 Å². The molecule has 1 fully saturated rings. The molecule has 6 rings (SSSR count). The molecular weight excluding hydrogens is 602 g/mol. The number of pyridine rings is 1. The third kappa shape index (κ3) is 5.88. The maximum absolute atomic E-state index is 13.1. The lowest BCUT2D eigenvalue weighted by Crippen LogP contribution is -2.31. The summed E-state index contributed by atoms with van der Waals surface area (Å²) in [5, 5.41) is 16.4. The summed E-state index contributed by atoms with van der Waals surface area (Å²) < 4.78 is 11.7. The Bertz CT molecular complexity index is 1770. The van der Waals surface area contributed by atoms with Gasteiger partial charge in [-0.25, -0.2) is 9.78 Å². The lowest BCUT2D eigenvalue weighted by Gasteiger charge is -2.29. The van der Waals surface area contributed by atoms with E-state index in [1.165, 1.54) is 16.2 Å². The number of thioether (sulfide) groups is 1. The van der Waals surface area contributed by atoms with Crippen molar-refractivity contribution < 1.29 is 19.1 Å². The third-order valence-corrected chi connectivity index (χ3v) is 11.0. The number of fused-ring (bicyclic) bond motifs is 1. The molecule has 1 saturated carbocycles. The molecule has 7 nitrogen and oxygen atoms in total. The van der Waals surface area contributed by atoms with Crippen LogP contribution in [-0.4, -0.2) is 27.3 Å². The molecule has 1 amide bonds. The number of hydrogen-bond acceptors (Lipinski definition) is 8. The molecule has 3 heterocycles. The van der Waals surface area contributed by atoms with E-state index >= 15 is 0 Å². The molecule has 0 aliphatic heterocycles. The average Bonchev–Trinajstić information content (AvgIpc) is 3.60. The number of allylic oxidation sites excluding steroid dienone is 6. The van der Waals surface area contributed by atoms with E-state index in [1.54, 1.807) is 30.2 Å². The fourth-order valence-corrected chi connectivity index (χ4v) is 8.28. The Labute approximate surface area is 264 Å². The Balaban J connectivity index is 1.22. The monoisotopic (exact) mass is 633 g/mol. The molecule has 222 valence electrons. The van der Waals surface area contributed by atoms with Gasteiger partial charge in [-0.1, -0.05) is 55.4 Å². The van der Waals surface area contributed by atoms with Gasteiger partial charge < -0.3 is 14.3 Å². The quantitative estimate of drug-likeness (QED) is 0.261. The average molecular weight is 634 g/mol. The number of anilines is 1. The van der Waals surface area contributed by atoms with E-state index in [0.717, 1.165) is 29.2 Å². The number of furan rings is 1. The van der Waals surface area contributed by atoms with Crippen molar-refractivity contribution in [1.82, 2.24) is 9.97 Å². The SMILES string of the molecule is CCC1C=C(O)C2(CC2)C(Sc2nc(C#Cc3oc4cnccc4c3NC(=O)OC(C)C3C(Cl)=CC=CC3C)sc2C)=C1. The number of nitrogens with one attached hydrogen (secondary N) is 1. The van der Waals surface area contributed by atoms with Crippen LogP contribution in [0.4, 0.5) is 10.5 Å². The van der Waals surface area contributed by atoms with Crippen molar-refractivity contribution in [3.63, 3.8) is 0 Å². The number of aliphatic hydroxyl groups excluding tert-OH is 1. The summed E-state index contributed by atoms with van der Waals surface area (Å²) >= 11 is 9.57. The number of thiazole rings is 1. The largest absolute Gasteiger partial charge is 0.512 e. The summed E-state index contributed by atoms with van der Waals surface area (Å²) in [6.07, 6.45) is 15.1. The highest BCUT2D eigenvalue weighted by atomic mass is 35.5. The zero-order chi connectivity index (χ0) is 30.3. The number of halogens is 1. The molecule has 0 bridgehead atoms. The number of aryl methyl sites for hydroxylation is 1. The van der Waals surface area contributed by atoms with Crippen molar-refractivity contribution in [3.8, 4) is 11.8 Å². The summed E-state index contributed by atoms with van der Waals surface area (Å²) in [4.78, 5) is 24.2. The van der Waals surface area contributed by atoms with Gasteiger partial charge in [-0.15, -0.1) is 11.3 Å². The van der Waals surface area contributed by atoms with Crippen molar-refractivity contribution in [2.45, 2.75) is 58.1 Å².